The number of nitrogens with one attached hydrogen (secondary N) is 1. The minimum atomic E-state index is -0.646. The number of aromatic nitrogens is 3. The number of fused-ring (bicyclic) bond motifs is 1. The van der Waals surface area contributed by atoms with Crippen LogP contribution in [0.3, 0.4) is 0 Å². The van der Waals surface area contributed by atoms with Crippen molar-refractivity contribution in [1.82, 2.24) is 14.5 Å². The van der Waals surface area contributed by atoms with Crippen LogP contribution in [-0.4, -0.2) is 14.5 Å². The van der Waals surface area contributed by atoms with Crippen molar-refractivity contribution in [3.05, 3.63) is 44.6 Å². The second-order valence-corrected chi connectivity index (χ2v) is 5.86. The van der Waals surface area contributed by atoms with Crippen LogP contribution in [0, 0.1) is 23.3 Å². The number of thiazole rings is 1. The van der Waals surface area contributed by atoms with Crippen LogP contribution >= 0.6 is 23.6 Å². The van der Waals surface area contributed by atoms with Gasteiger partial charge in [0.05, 0.1) is 11.6 Å². The molecule has 3 nitrogen and oxygen atoms in total. The number of halogens is 2. The van der Waals surface area contributed by atoms with E-state index in [0.717, 1.165) is 16.8 Å². The van der Waals surface area contributed by atoms with Gasteiger partial charge in [0, 0.05) is 17.1 Å². The highest BCUT2D eigenvalue weighted by Crippen LogP contribution is 2.28. The Balaban J connectivity index is 2.25. The van der Waals surface area contributed by atoms with Gasteiger partial charge in [-0.2, -0.15) is 0 Å². The zero-order valence-electron chi connectivity index (χ0n) is 10.8. The fourth-order valence-corrected chi connectivity index (χ4v) is 3.41. The molecule has 0 amide bonds. The fourth-order valence-electron chi connectivity index (χ4n) is 2.21. The van der Waals surface area contributed by atoms with Crippen LogP contribution in [0.5, 0.6) is 0 Å². The summed E-state index contributed by atoms with van der Waals surface area (Å²) >= 11 is 6.74. The molecule has 0 spiro atoms. The number of aromatic amines is 1. The third-order valence-corrected chi connectivity index (χ3v) is 4.56. The van der Waals surface area contributed by atoms with Gasteiger partial charge in [0.2, 0.25) is 0 Å². The number of imidazole rings is 1. The van der Waals surface area contributed by atoms with E-state index in [1.165, 1.54) is 17.4 Å². The summed E-state index contributed by atoms with van der Waals surface area (Å²) in [5.41, 5.74) is 1.55. The molecule has 0 aliphatic carbocycles. The Morgan fingerprint density at radius 1 is 1.40 bits per heavy atom. The summed E-state index contributed by atoms with van der Waals surface area (Å²) in [6.07, 6.45) is 0. The summed E-state index contributed by atoms with van der Waals surface area (Å²) in [6, 6.07) is 1.94. The van der Waals surface area contributed by atoms with Crippen molar-refractivity contribution in [1.29, 1.82) is 0 Å². The maximum atomic E-state index is 13.8. The summed E-state index contributed by atoms with van der Waals surface area (Å²) in [5, 5.41) is 2.79. The van der Waals surface area contributed by atoms with Gasteiger partial charge in [0.1, 0.15) is 16.3 Å². The quantitative estimate of drug-likeness (QED) is 0.714. The molecule has 0 saturated heterocycles. The number of hydrogen-bond acceptors (Lipinski definition) is 3. The molecule has 1 atom stereocenters. The van der Waals surface area contributed by atoms with Gasteiger partial charge in [-0.05, 0) is 32.1 Å². The molecule has 2 heterocycles. The summed E-state index contributed by atoms with van der Waals surface area (Å²) in [7, 11) is 0. The number of H-pyrrole nitrogens is 1. The highest BCUT2D eigenvalue weighted by molar-refractivity contribution is 7.71. The lowest BCUT2D eigenvalue weighted by Crippen LogP contribution is -2.06. The second-order valence-electron chi connectivity index (χ2n) is 4.58. The monoisotopic (exact) mass is 311 g/mol. The first-order chi connectivity index (χ1) is 9.47. The van der Waals surface area contributed by atoms with E-state index in [0.29, 0.717) is 10.3 Å². The highest BCUT2D eigenvalue weighted by atomic mass is 32.1. The molecule has 0 saturated carbocycles. The topological polar surface area (TPSA) is 33.6 Å². The van der Waals surface area contributed by atoms with Gasteiger partial charge in [-0.1, -0.05) is 0 Å². The van der Waals surface area contributed by atoms with E-state index in [2.05, 4.69) is 9.97 Å². The van der Waals surface area contributed by atoms with Crippen LogP contribution in [0.15, 0.2) is 17.5 Å². The van der Waals surface area contributed by atoms with Gasteiger partial charge in [0.25, 0.3) is 0 Å². The zero-order chi connectivity index (χ0) is 14.4. The van der Waals surface area contributed by atoms with Gasteiger partial charge in [0.15, 0.2) is 10.6 Å². The fraction of sp³-hybridized carbons (Fsp3) is 0.231. The SMILES string of the molecule is Cc1csc(C(C)n2c(=S)[nH]c3c(F)cc(F)cc32)n1. The minimum Gasteiger partial charge on any atom is -0.328 e. The predicted octanol–water partition coefficient (Wildman–Crippen LogP) is 4.35. The molecule has 3 rings (SSSR count). The van der Waals surface area contributed by atoms with Gasteiger partial charge in [-0.3, -0.25) is 0 Å². The second kappa shape index (κ2) is 4.75. The molecule has 0 aliphatic heterocycles. The van der Waals surface area contributed by atoms with Crippen molar-refractivity contribution >= 4 is 34.6 Å². The summed E-state index contributed by atoms with van der Waals surface area (Å²) in [4.78, 5) is 7.20. The van der Waals surface area contributed by atoms with E-state index in [4.69, 9.17) is 12.2 Å². The summed E-state index contributed by atoms with van der Waals surface area (Å²) in [5.74, 6) is -1.27. The molecule has 3 aromatic rings. The molecule has 7 heteroatoms. The van der Waals surface area contributed by atoms with Crippen molar-refractivity contribution in [3.63, 3.8) is 0 Å². The first-order valence-corrected chi connectivity index (χ1v) is 7.27. The molecular weight excluding hydrogens is 300 g/mol. The average molecular weight is 311 g/mol. The Morgan fingerprint density at radius 3 is 2.80 bits per heavy atom. The number of hydrogen-bond donors (Lipinski definition) is 1. The Labute approximate surface area is 122 Å². The van der Waals surface area contributed by atoms with Gasteiger partial charge in [-0.15, -0.1) is 11.3 Å². The maximum absolute atomic E-state index is 13.8. The first kappa shape index (κ1) is 13.4. The molecule has 0 radical (unpaired) electrons. The van der Waals surface area contributed by atoms with Crippen LogP contribution in [-0.2, 0) is 0 Å². The third kappa shape index (κ3) is 2.06. The van der Waals surface area contributed by atoms with Crippen LogP contribution < -0.4 is 0 Å². The molecule has 20 heavy (non-hydrogen) atoms. The van der Waals surface area contributed by atoms with Crippen molar-refractivity contribution in [2.75, 3.05) is 0 Å². The lowest BCUT2D eigenvalue weighted by atomic mass is 10.2. The van der Waals surface area contributed by atoms with Crippen molar-refractivity contribution in [2.24, 2.45) is 0 Å². The molecule has 1 aromatic carbocycles. The molecule has 0 aliphatic rings. The number of nitrogens with zero attached hydrogens (tertiary/aromatic N) is 2. The van der Waals surface area contributed by atoms with Gasteiger partial charge >= 0.3 is 0 Å². The standard InChI is InChI=1S/C13H11F2N3S2/c1-6-5-20-12(16-6)7(2)18-10-4-8(14)3-9(15)11(10)17-13(18)19/h3-5,7H,1-2H3,(H,17,19). The average Bonchev–Trinajstić information content (AvgIpc) is 2.92. The Hall–Kier alpha value is -1.60. The smallest absolute Gasteiger partial charge is 0.178 e. The molecule has 104 valence electrons. The van der Waals surface area contributed by atoms with Crippen LogP contribution in [0.2, 0.25) is 0 Å². The zero-order valence-corrected chi connectivity index (χ0v) is 12.4. The van der Waals surface area contributed by atoms with Crippen LogP contribution in [0.25, 0.3) is 11.0 Å². The minimum absolute atomic E-state index is 0.184. The van der Waals surface area contributed by atoms with E-state index in [-0.39, 0.29) is 11.6 Å². The lowest BCUT2D eigenvalue weighted by molar-refractivity contribution is 0.588. The van der Waals surface area contributed by atoms with E-state index >= 15 is 0 Å². The summed E-state index contributed by atoms with van der Waals surface area (Å²) < 4.78 is 29.3. The van der Waals surface area contributed by atoms with E-state index in [9.17, 15) is 8.78 Å². The molecule has 2 aromatic heterocycles. The third-order valence-electron chi connectivity index (χ3n) is 3.13. The molecule has 1 unspecified atom stereocenters. The van der Waals surface area contributed by atoms with Crippen LogP contribution in [0.4, 0.5) is 8.78 Å². The van der Waals surface area contributed by atoms with Crippen LogP contribution in [0.1, 0.15) is 23.7 Å². The van der Waals surface area contributed by atoms with E-state index < -0.39 is 11.6 Å². The normalized spacial score (nSPS) is 13.0. The van der Waals surface area contributed by atoms with Crippen molar-refractivity contribution in [3.8, 4) is 0 Å². The molecular formula is C13H11F2N3S2. The largest absolute Gasteiger partial charge is 0.328 e. The molecule has 0 fully saturated rings. The Kier molecular flexibility index (Phi) is 3.18. The highest BCUT2D eigenvalue weighted by Gasteiger charge is 2.18. The van der Waals surface area contributed by atoms with E-state index in [1.54, 1.807) is 4.57 Å². The summed E-state index contributed by atoms with van der Waals surface area (Å²) in [6.45, 7) is 3.81. The molecule has 0 bridgehead atoms. The van der Waals surface area contributed by atoms with Gasteiger partial charge < -0.3 is 9.55 Å². The van der Waals surface area contributed by atoms with Crippen molar-refractivity contribution in [2.45, 2.75) is 19.9 Å². The Morgan fingerprint density at radius 2 is 2.15 bits per heavy atom. The predicted molar refractivity (Wildman–Crippen MR) is 77.7 cm³/mol. The number of aryl methyl sites for hydroxylation is 1. The number of benzene rings is 1. The van der Waals surface area contributed by atoms with Gasteiger partial charge in [-0.25, -0.2) is 13.8 Å². The maximum Gasteiger partial charge on any atom is 0.178 e. The number of rotatable bonds is 2. The lowest BCUT2D eigenvalue weighted by Gasteiger charge is -2.11. The first-order valence-electron chi connectivity index (χ1n) is 5.98. The molecule has 1 N–H and O–H groups in total. The van der Waals surface area contributed by atoms with Crippen molar-refractivity contribution < 1.29 is 8.78 Å². The Bertz CT molecular complexity index is 847. The van der Waals surface area contributed by atoms with E-state index in [1.807, 2.05) is 19.2 Å².